The first-order valence-corrected chi connectivity index (χ1v) is 7.75. The second-order valence-corrected chi connectivity index (χ2v) is 5.45. The number of anilines is 1. The largest absolute Gasteiger partial charge is 0.370 e. The van der Waals surface area contributed by atoms with Crippen LogP contribution in [0.2, 0.25) is 0 Å². The van der Waals surface area contributed by atoms with Crippen LogP contribution in [-0.4, -0.2) is 34.8 Å². The second kappa shape index (κ2) is 7.24. The van der Waals surface area contributed by atoms with Gasteiger partial charge in [-0.1, -0.05) is 6.92 Å². The molecule has 1 saturated heterocycles. The summed E-state index contributed by atoms with van der Waals surface area (Å²) >= 11 is 0. The van der Waals surface area contributed by atoms with Gasteiger partial charge in [0.2, 0.25) is 5.91 Å². The zero-order chi connectivity index (χ0) is 15.2. The molecule has 1 amide bonds. The molecule has 1 fully saturated rings. The van der Waals surface area contributed by atoms with Crippen molar-refractivity contribution < 1.29 is 4.79 Å². The monoisotopic (exact) mass is 292 g/mol. The van der Waals surface area contributed by atoms with Gasteiger partial charge in [-0.3, -0.25) is 9.59 Å². The molecule has 0 aliphatic carbocycles. The summed E-state index contributed by atoms with van der Waals surface area (Å²) in [7, 11) is 0. The van der Waals surface area contributed by atoms with E-state index in [9.17, 15) is 9.59 Å². The molecule has 6 nitrogen and oxygen atoms in total. The van der Waals surface area contributed by atoms with Crippen LogP contribution in [0.25, 0.3) is 0 Å². The highest BCUT2D eigenvalue weighted by Gasteiger charge is 2.21. The van der Waals surface area contributed by atoms with Crippen molar-refractivity contribution in [2.45, 2.75) is 52.1 Å². The van der Waals surface area contributed by atoms with Crippen molar-refractivity contribution in [3.8, 4) is 0 Å². The molecule has 6 heteroatoms. The first-order valence-electron chi connectivity index (χ1n) is 7.75. The van der Waals surface area contributed by atoms with E-state index in [4.69, 9.17) is 0 Å². The summed E-state index contributed by atoms with van der Waals surface area (Å²) in [4.78, 5) is 25.6. The van der Waals surface area contributed by atoms with Gasteiger partial charge in [0.1, 0.15) is 0 Å². The Morgan fingerprint density at radius 2 is 2.10 bits per heavy atom. The van der Waals surface area contributed by atoms with E-state index in [1.54, 1.807) is 12.3 Å². The van der Waals surface area contributed by atoms with Crippen LogP contribution >= 0.6 is 0 Å². The van der Waals surface area contributed by atoms with Gasteiger partial charge < -0.3 is 10.2 Å². The fourth-order valence-corrected chi connectivity index (χ4v) is 2.64. The second-order valence-electron chi connectivity index (χ2n) is 5.45. The molecule has 2 rings (SSSR count). The third-order valence-electron chi connectivity index (χ3n) is 3.86. The Bertz CT molecular complexity index is 533. The maximum Gasteiger partial charge on any atom is 0.268 e. The van der Waals surface area contributed by atoms with E-state index in [1.807, 2.05) is 13.8 Å². The molecule has 0 aromatic carbocycles. The molecule has 1 aliphatic rings. The summed E-state index contributed by atoms with van der Waals surface area (Å²) < 4.78 is 1.45. The standard InChI is InChI=1S/C15H24N4O2/c1-3-5-14(20)17-12-6-8-18(9-7-12)13-10-15(21)19(4-2)16-11-13/h10-12H,3-9H2,1-2H3,(H,17,20). The van der Waals surface area contributed by atoms with E-state index in [2.05, 4.69) is 15.3 Å². The third kappa shape index (κ3) is 4.06. The Balaban J connectivity index is 1.90. The number of amides is 1. The van der Waals surface area contributed by atoms with Gasteiger partial charge in [0.05, 0.1) is 11.9 Å². The molecule has 0 spiro atoms. The summed E-state index contributed by atoms with van der Waals surface area (Å²) in [5.74, 6) is 0.142. The maximum absolute atomic E-state index is 11.8. The van der Waals surface area contributed by atoms with Crippen molar-refractivity contribution >= 4 is 11.6 Å². The van der Waals surface area contributed by atoms with Crippen LogP contribution in [0, 0.1) is 0 Å². The normalized spacial score (nSPS) is 16.0. The number of carbonyl (C=O) groups is 1. The molecule has 1 N–H and O–H groups in total. The van der Waals surface area contributed by atoms with Crippen LogP contribution in [0.1, 0.15) is 39.5 Å². The molecule has 0 radical (unpaired) electrons. The Hall–Kier alpha value is -1.85. The zero-order valence-electron chi connectivity index (χ0n) is 12.8. The van der Waals surface area contributed by atoms with Gasteiger partial charge in [0.25, 0.3) is 5.56 Å². The lowest BCUT2D eigenvalue weighted by Gasteiger charge is -2.33. The lowest BCUT2D eigenvalue weighted by molar-refractivity contribution is -0.121. The summed E-state index contributed by atoms with van der Waals surface area (Å²) in [5.41, 5.74) is 0.816. The fraction of sp³-hybridized carbons (Fsp3) is 0.667. The Labute approximate surface area is 125 Å². The molecule has 1 aromatic rings. The van der Waals surface area contributed by atoms with E-state index in [0.29, 0.717) is 13.0 Å². The van der Waals surface area contributed by atoms with Crippen LogP contribution in [0.4, 0.5) is 5.69 Å². The molecule has 0 unspecified atom stereocenters. The van der Waals surface area contributed by atoms with Gasteiger partial charge in [0.15, 0.2) is 0 Å². The van der Waals surface area contributed by atoms with Crippen molar-refractivity contribution in [1.82, 2.24) is 15.1 Å². The quantitative estimate of drug-likeness (QED) is 0.884. The Morgan fingerprint density at radius 1 is 1.38 bits per heavy atom. The third-order valence-corrected chi connectivity index (χ3v) is 3.86. The Kier molecular flexibility index (Phi) is 5.36. The number of carbonyl (C=O) groups excluding carboxylic acids is 1. The lowest BCUT2D eigenvalue weighted by atomic mass is 10.0. The number of rotatable bonds is 5. The summed E-state index contributed by atoms with van der Waals surface area (Å²) in [6.07, 6.45) is 5.04. The fourth-order valence-electron chi connectivity index (χ4n) is 2.64. The molecule has 2 heterocycles. The van der Waals surface area contributed by atoms with Gasteiger partial charge in [0, 0.05) is 38.2 Å². The number of aryl methyl sites for hydroxylation is 1. The van der Waals surface area contributed by atoms with Gasteiger partial charge >= 0.3 is 0 Å². The summed E-state index contributed by atoms with van der Waals surface area (Å²) in [5, 5.41) is 7.23. The van der Waals surface area contributed by atoms with Crippen LogP contribution in [0.5, 0.6) is 0 Å². The Morgan fingerprint density at radius 3 is 2.67 bits per heavy atom. The topological polar surface area (TPSA) is 67.2 Å². The highest BCUT2D eigenvalue weighted by Crippen LogP contribution is 2.17. The molecule has 116 valence electrons. The molecule has 0 saturated carbocycles. The first-order chi connectivity index (χ1) is 10.1. The smallest absolute Gasteiger partial charge is 0.268 e. The SMILES string of the molecule is CCCC(=O)NC1CCN(c2cnn(CC)c(=O)c2)CC1. The highest BCUT2D eigenvalue weighted by molar-refractivity contribution is 5.76. The average molecular weight is 292 g/mol. The maximum atomic E-state index is 11.8. The highest BCUT2D eigenvalue weighted by atomic mass is 16.1. The number of hydrogen-bond donors (Lipinski definition) is 1. The van der Waals surface area contributed by atoms with E-state index in [0.717, 1.165) is 38.0 Å². The number of nitrogens with zero attached hydrogens (tertiary/aromatic N) is 3. The number of hydrogen-bond acceptors (Lipinski definition) is 4. The van der Waals surface area contributed by atoms with Crippen molar-refractivity contribution in [3.05, 3.63) is 22.6 Å². The molecule has 1 aromatic heterocycles. The van der Waals surface area contributed by atoms with Crippen LogP contribution < -0.4 is 15.8 Å². The minimum absolute atomic E-state index is 0.0617. The van der Waals surface area contributed by atoms with E-state index < -0.39 is 0 Å². The van der Waals surface area contributed by atoms with Gasteiger partial charge in [-0.25, -0.2) is 4.68 Å². The first kappa shape index (κ1) is 15.5. The van der Waals surface area contributed by atoms with Gasteiger partial charge in [-0.05, 0) is 26.2 Å². The van der Waals surface area contributed by atoms with Crippen LogP contribution in [0.15, 0.2) is 17.1 Å². The van der Waals surface area contributed by atoms with E-state index in [1.165, 1.54) is 4.68 Å². The van der Waals surface area contributed by atoms with Gasteiger partial charge in [-0.2, -0.15) is 5.10 Å². The minimum Gasteiger partial charge on any atom is -0.370 e. The van der Waals surface area contributed by atoms with E-state index >= 15 is 0 Å². The summed E-state index contributed by atoms with van der Waals surface area (Å²) in [6, 6.07) is 1.90. The zero-order valence-corrected chi connectivity index (χ0v) is 12.8. The number of piperidine rings is 1. The molecule has 0 bridgehead atoms. The molecule has 1 aliphatic heterocycles. The van der Waals surface area contributed by atoms with E-state index in [-0.39, 0.29) is 17.5 Å². The predicted octanol–water partition coefficient (Wildman–Crippen LogP) is 1.15. The van der Waals surface area contributed by atoms with Crippen molar-refractivity contribution in [2.75, 3.05) is 18.0 Å². The van der Waals surface area contributed by atoms with Crippen molar-refractivity contribution in [2.24, 2.45) is 0 Å². The molecular weight excluding hydrogens is 268 g/mol. The molecule has 21 heavy (non-hydrogen) atoms. The number of aromatic nitrogens is 2. The minimum atomic E-state index is -0.0617. The van der Waals surface area contributed by atoms with Crippen LogP contribution in [0.3, 0.4) is 0 Å². The molecular formula is C15H24N4O2. The predicted molar refractivity (Wildman–Crippen MR) is 82.5 cm³/mol. The average Bonchev–Trinajstić information content (AvgIpc) is 2.48. The van der Waals surface area contributed by atoms with Crippen molar-refractivity contribution in [3.63, 3.8) is 0 Å². The summed E-state index contributed by atoms with van der Waals surface area (Å²) in [6.45, 7) is 6.18. The van der Waals surface area contributed by atoms with Gasteiger partial charge in [-0.15, -0.1) is 0 Å². The number of nitrogens with one attached hydrogen (secondary N) is 1. The molecule has 0 atom stereocenters. The van der Waals surface area contributed by atoms with Crippen molar-refractivity contribution in [1.29, 1.82) is 0 Å². The lowest BCUT2D eigenvalue weighted by Crippen LogP contribution is -2.45. The van der Waals surface area contributed by atoms with Crippen LogP contribution in [-0.2, 0) is 11.3 Å².